The van der Waals surface area contributed by atoms with Crippen LogP contribution in [-0.2, 0) is 9.84 Å². The molecule has 0 amide bonds. The monoisotopic (exact) mass is 283 g/mol. The van der Waals surface area contributed by atoms with E-state index in [1.54, 1.807) is 17.0 Å². The zero-order chi connectivity index (χ0) is 13.5. The molecule has 0 spiro atoms. The third-order valence-corrected chi connectivity index (χ3v) is 6.04. The third kappa shape index (κ3) is 2.51. The third-order valence-electron chi connectivity index (χ3n) is 3.77. The average Bonchev–Trinajstić information content (AvgIpc) is 3.14. The summed E-state index contributed by atoms with van der Waals surface area (Å²) >= 11 is 0. The van der Waals surface area contributed by atoms with E-state index in [0.717, 1.165) is 12.8 Å². The summed E-state index contributed by atoms with van der Waals surface area (Å²) in [7, 11) is -2.98. The molecule has 1 aliphatic heterocycles. The highest BCUT2D eigenvalue weighted by Gasteiger charge is 2.31. The van der Waals surface area contributed by atoms with Gasteiger partial charge in [0, 0.05) is 25.0 Å². The molecule has 1 atom stereocenters. The zero-order valence-electron chi connectivity index (χ0n) is 10.6. The molecule has 1 aliphatic carbocycles. The van der Waals surface area contributed by atoms with E-state index in [2.05, 4.69) is 10.3 Å². The maximum absolute atomic E-state index is 12.1. The zero-order valence-corrected chi connectivity index (χ0v) is 11.4. The average molecular weight is 283 g/mol. The van der Waals surface area contributed by atoms with E-state index in [0.29, 0.717) is 18.9 Å². The number of sulfone groups is 1. The van der Waals surface area contributed by atoms with Crippen molar-refractivity contribution in [3.05, 3.63) is 22.7 Å². The molecule has 2 aliphatic rings. The van der Waals surface area contributed by atoms with Gasteiger partial charge in [0.1, 0.15) is 0 Å². The fourth-order valence-electron chi connectivity index (χ4n) is 2.48. The molecule has 2 fully saturated rings. The number of hydrogen-bond donors (Lipinski definition) is 1. The van der Waals surface area contributed by atoms with Crippen LogP contribution < -0.4 is 10.9 Å². The summed E-state index contributed by atoms with van der Waals surface area (Å²) < 4.78 is 25.1. The van der Waals surface area contributed by atoms with Gasteiger partial charge in [-0.25, -0.2) is 13.4 Å². The smallest absolute Gasteiger partial charge is 0.293 e. The Bertz CT molecular complexity index is 634. The molecule has 0 bridgehead atoms. The molecule has 1 N–H and O–H groups in total. The highest BCUT2D eigenvalue weighted by Crippen LogP contribution is 2.33. The number of anilines is 1. The molecule has 0 aromatic carbocycles. The maximum atomic E-state index is 12.1. The van der Waals surface area contributed by atoms with Gasteiger partial charge in [-0.1, -0.05) is 0 Å². The molecule has 19 heavy (non-hydrogen) atoms. The van der Waals surface area contributed by atoms with Crippen LogP contribution in [0.4, 0.5) is 5.82 Å². The van der Waals surface area contributed by atoms with Gasteiger partial charge in [0.15, 0.2) is 15.7 Å². The number of nitrogens with zero attached hydrogens (tertiary/aromatic N) is 2. The molecule has 1 saturated carbocycles. The standard InChI is InChI=1S/C12H17N3O3S/c16-12-11(13-5-6-15(12)9-3-4-9)14-8-10-2-1-7-19(10,17)18/h5-6,9-10H,1-4,7-8H2,(H,13,14). The number of aromatic nitrogens is 2. The Balaban J connectivity index is 1.74. The van der Waals surface area contributed by atoms with Crippen molar-refractivity contribution < 1.29 is 8.42 Å². The van der Waals surface area contributed by atoms with Crippen molar-refractivity contribution in [3.63, 3.8) is 0 Å². The van der Waals surface area contributed by atoms with Crippen LogP contribution in [0, 0.1) is 0 Å². The van der Waals surface area contributed by atoms with E-state index in [-0.39, 0.29) is 28.9 Å². The molecular formula is C12H17N3O3S. The SMILES string of the molecule is O=c1c(NCC2CCCS2(=O)=O)nccn1C1CC1. The lowest BCUT2D eigenvalue weighted by atomic mass is 10.2. The van der Waals surface area contributed by atoms with Crippen molar-refractivity contribution in [2.45, 2.75) is 37.0 Å². The van der Waals surface area contributed by atoms with E-state index >= 15 is 0 Å². The Morgan fingerprint density at radius 1 is 1.37 bits per heavy atom. The van der Waals surface area contributed by atoms with Crippen molar-refractivity contribution in [3.8, 4) is 0 Å². The first-order chi connectivity index (χ1) is 9.08. The first kappa shape index (κ1) is 12.7. The van der Waals surface area contributed by atoms with E-state index in [4.69, 9.17) is 0 Å². The summed E-state index contributed by atoms with van der Waals surface area (Å²) in [6.45, 7) is 0.277. The summed E-state index contributed by atoms with van der Waals surface area (Å²) in [6.07, 6.45) is 6.71. The van der Waals surface area contributed by atoms with Gasteiger partial charge in [0.25, 0.3) is 5.56 Å². The van der Waals surface area contributed by atoms with Crippen molar-refractivity contribution in [2.24, 2.45) is 0 Å². The highest BCUT2D eigenvalue weighted by atomic mass is 32.2. The van der Waals surface area contributed by atoms with Crippen LogP contribution >= 0.6 is 0 Å². The topological polar surface area (TPSA) is 81.1 Å². The van der Waals surface area contributed by atoms with E-state index < -0.39 is 9.84 Å². The lowest BCUT2D eigenvalue weighted by Crippen LogP contribution is -2.30. The van der Waals surface area contributed by atoms with Crippen LogP contribution in [0.15, 0.2) is 17.2 Å². The summed E-state index contributed by atoms with van der Waals surface area (Å²) in [5.74, 6) is 0.518. The molecule has 1 saturated heterocycles. The first-order valence-corrected chi connectivity index (χ1v) is 8.32. The number of hydrogen-bond acceptors (Lipinski definition) is 5. The molecule has 0 radical (unpaired) electrons. The van der Waals surface area contributed by atoms with E-state index in [9.17, 15) is 13.2 Å². The van der Waals surface area contributed by atoms with Crippen molar-refractivity contribution in [1.82, 2.24) is 9.55 Å². The van der Waals surface area contributed by atoms with Crippen LogP contribution in [0.3, 0.4) is 0 Å². The van der Waals surface area contributed by atoms with Crippen LogP contribution in [0.5, 0.6) is 0 Å². The molecule has 2 heterocycles. The van der Waals surface area contributed by atoms with Crippen LogP contribution in [0.2, 0.25) is 0 Å². The van der Waals surface area contributed by atoms with Gasteiger partial charge in [-0.3, -0.25) is 4.79 Å². The van der Waals surface area contributed by atoms with Crippen LogP contribution in [0.1, 0.15) is 31.7 Å². The fourth-order valence-corrected chi connectivity index (χ4v) is 4.25. The Hall–Kier alpha value is -1.37. The minimum absolute atomic E-state index is 0.152. The molecule has 7 heteroatoms. The Morgan fingerprint density at radius 3 is 2.79 bits per heavy atom. The minimum atomic E-state index is -2.98. The minimum Gasteiger partial charge on any atom is -0.364 e. The predicted octanol–water partition coefficient (Wildman–Crippen LogP) is 0.567. The summed E-state index contributed by atoms with van der Waals surface area (Å²) in [6, 6.07) is 0.297. The number of nitrogens with one attached hydrogen (secondary N) is 1. The molecule has 1 aromatic heterocycles. The molecule has 3 rings (SSSR count). The van der Waals surface area contributed by atoms with Gasteiger partial charge in [-0.05, 0) is 25.7 Å². The quantitative estimate of drug-likeness (QED) is 0.873. The van der Waals surface area contributed by atoms with Crippen molar-refractivity contribution in [1.29, 1.82) is 0 Å². The van der Waals surface area contributed by atoms with Gasteiger partial charge >= 0.3 is 0 Å². The Morgan fingerprint density at radius 2 is 2.16 bits per heavy atom. The second-order valence-corrected chi connectivity index (χ2v) is 7.63. The van der Waals surface area contributed by atoms with Gasteiger partial charge in [-0.15, -0.1) is 0 Å². The lowest BCUT2D eigenvalue weighted by molar-refractivity contribution is 0.591. The Kier molecular flexibility index (Phi) is 3.08. The molecule has 1 aromatic rings. The molecule has 104 valence electrons. The van der Waals surface area contributed by atoms with Gasteiger partial charge in [0.05, 0.1) is 11.0 Å². The van der Waals surface area contributed by atoms with Crippen LogP contribution in [0.25, 0.3) is 0 Å². The van der Waals surface area contributed by atoms with E-state index in [1.807, 2.05) is 0 Å². The number of rotatable bonds is 4. The molecular weight excluding hydrogens is 266 g/mol. The normalized spacial score (nSPS) is 25.4. The maximum Gasteiger partial charge on any atom is 0.293 e. The summed E-state index contributed by atoms with van der Waals surface area (Å²) in [4.78, 5) is 16.1. The van der Waals surface area contributed by atoms with Gasteiger partial charge in [0.2, 0.25) is 0 Å². The summed E-state index contributed by atoms with van der Waals surface area (Å²) in [5.41, 5.74) is -0.152. The van der Waals surface area contributed by atoms with Crippen molar-refractivity contribution >= 4 is 15.7 Å². The fraction of sp³-hybridized carbons (Fsp3) is 0.667. The lowest BCUT2D eigenvalue weighted by Gasteiger charge is -2.12. The first-order valence-electron chi connectivity index (χ1n) is 6.60. The van der Waals surface area contributed by atoms with Crippen LogP contribution in [-0.4, -0.2) is 35.5 Å². The highest BCUT2D eigenvalue weighted by molar-refractivity contribution is 7.92. The van der Waals surface area contributed by atoms with Gasteiger partial charge in [-0.2, -0.15) is 0 Å². The molecule has 6 nitrogen and oxygen atoms in total. The predicted molar refractivity (Wildman–Crippen MR) is 72.1 cm³/mol. The second-order valence-electron chi connectivity index (χ2n) is 5.23. The summed E-state index contributed by atoms with van der Waals surface area (Å²) in [5, 5.41) is 2.52. The Labute approximate surface area is 111 Å². The van der Waals surface area contributed by atoms with Gasteiger partial charge < -0.3 is 9.88 Å². The van der Waals surface area contributed by atoms with Crippen molar-refractivity contribution in [2.75, 3.05) is 17.6 Å². The second kappa shape index (κ2) is 4.63. The van der Waals surface area contributed by atoms with E-state index in [1.165, 1.54) is 0 Å². The molecule has 1 unspecified atom stereocenters. The largest absolute Gasteiger partial charge is 0.364 e.